The molecular formula is C10H18O7. The molecule has 2 rings (SSSR count). The summed E-state index contributed by atoms with van der Waals surface area (Å²) in [6, 6.07) is 0. The molecule has 0 radical (unpaired) electrons. The van der Waals surface area contributed by atoms with Crippen molar-refractivity contribution in [1.29, 1.82) is 0 Å². The van der Waals surface area contributed by atoms with Gasteiger partial charge in [-0.15, -0.1) is 0 Å². The second-order valence-corrected chi connectivity index (χ2v) is 4.05. The fourth-order valence-corrected chi connectivity index (χ4v) is 2.17. The quantitative estimate of drug-likeness (QED) is 0.512. The summed E-state index contributed by atoms with van der Waals surface area (Å²) in [6.45, 7) is 0.387. The molecule has 3 atom stereocenters. The van der Waals surface area contributed by atoms with Gasteiger partial charge in [0.15, 0.2) is 0 Å². The first-order valence-electron chi connectivity index (χ1n) is 5.64. The normalized spacial score (nSPS) is 36.5. The van der Waals surface area contributed by atoms with E-state index in [0.717, 1.165) is 0 Å². The average molecular weight is 250 g/mol. The Morgan fingerprint density at radius 2 is 1.94 bits per heavy atom. The molecule has 0 aliphatic carbocycles. The van der Waals surface area contributed by atoms with Crippen LogP contribution in [0, 0.1) is 0 Å². The Morgan fingerprint density at radius 3 is 2.53 bits per heavy atom. The Morgan fingerprint density at radius 1 is 1.24 bits per heavy atom. The van der Waals surface area contributed by atoms with E-state index in [1.165, 1.54) is 0 Å². The zero-order valence-corrected chi connectivity index (χ0v) is 9.45. The first-order chi connectivity index (χ1) is 8.23. The largest absolute Gasteiger partial charge is 0.394 e. The Kier molecular flexibility index (Phi) is 4.31. The van der Waals surface area contributed by atoms with Crippen molar-refractivity contribution in [1.82, 2.24) is 0 Å². The highest BCUT2D eigenvalue weighted by molar-refractivity contribution is 4.96. The minimum absolute atomic E-state index is 0.0864. The van der Waals surface area contributed by atoms with Gasteiger partial charge in [-0.3, -0.25) is 0 Å². The van der Waals surface area contributed by atoms with Crippen LogP contribution in [0.4, 0.5) is 0 Å². The molecule has 0 amide bonds. The Balaban J connectivity index is 2.06. The average Bonchev–Trinajstić information content (AvgIpc) is 2.94. The van der Waals surface area contributed by atoms with Crippen LogP contribution >= 0.6 is 0 Å². The minimum atomic E-state index is -1.27. The molecule has 0 saturated carbocycles. The maximum atomic E-state index is 9.73. The lowest BCUT2D eigenvalue weighted by Crippen LogP contribution is -2.53. The van der Waals surface area contributed by atoms with Crippen molar-refractivity contribution in [2.75, 3.05) is 39.6 Å². The van der Waals surface area contributed by atoms with E-state index < -0.39 is 24.1 Å². The summed E-state index contributed by atoms with van der Waals surface area (Å²) in [5, 5.41) is 27.8. The lowest BCUT2D eigenvalue weighted by molar-refractivity contribution is -0.259. The summed E-state index contributed by atoms with van der Waals surface area (Å²) in [5.74, 6) is -1.27. The molecule has 100 valence electrons. The molecule has 0 aromatic carbocycles. The smallest absolute Gasteiger partial charge is 0.221 e. The maximum Gasteiger partial charge on any atom is 0.221 e. The standard InChI is InChI=1S/C10H18O7/c11-1-2-14-8-7(13)5-15-9(8)10(6-12)16-3-4-17-10/h7-9,11-13H,1-6H2/t7-,8+,9-/m0/s1. The number of rotatable bonds is 5. The van der Waals surface area contributed by atoms with E-state index >= 15 is 0 Å². The third-order valence-corrected chi connectivity index (χ3v) is 2.96. The molecule has 17 heavy (non-hydrogen) atoms. The van der Waals surface area contributed by atoms with Gasteiger partial charge in [0.25, 0.3) is 0 Å². The molecule has 7 nitrogen and oxygen atoms in total. The van der Waals surface area contributed by atoms with Crippen LogP contribution < -0.4 is 0 Å². The summed E-state index contributed by atoms with van der Waals surface area (Å²) >= 11 is 0. The second kappa shape index (κ2) is 5.57. The number of ether oxygens (including phenoxy) is 4. The SMILES string of the molecule is OCCO[C@@H]1[C@@H](O)CO[C@@H]1C1(CO)OCCO1. The van der Waals surface area contributed by atoms with Crippen LogP contribution in [0.15, 0.2) is 0 Å². The maximum absolute atomic E-state index is 9.73. The third kappa shape index (κ3) is 2.45. The van der Waals surface area contributed by atoms with Gasteiger partial charge in [-0.1, -0.05) is 0 Å². The predicted molar refractivity (Wildman–Crippen MR) is 54.3 cm³/mol. The highest BCUT2D eigenvalue weighted by atomic mass is 16.8. The monoisotopic (exact) mass is 250 g/mol. The molecule has 7 heteroatoms. The van der Waals surface area contributed by atoms with Gasteiger partial charge in [0.1, 0.15) is 24.9 Å². The molecule has 2 aliphatic heterocycles. The molecule has 0 unspecified atom stereocenters. The number of hydrogen-bond donors (Lipinski definition) is 3. The molecule has 2 saturated heterocycles. The first-order valence-corrected chi connectivity index (χ1v) is 5.64. The van der Waals surface area contributed by atoms with Gasteiger partial charge in [-0.2, -0.15) is 0 Å². The fourth-order valence-electron chi connectivity index (χ4n) is 2.17. The molecule has 2 aliphatic rings. The zero-order valence-electron chi connectivity index (χ0n) is 9.45. The highest BCUT2D eigenvalue weighted by Gasteiger charge is 2.54. The van der Waals surface area contributed by atoms with Crippen molar-refractivity contribution in [3.63, 3.8) is 0 Å². The van der Waals surface area contributed by atoms with Gasteiger partial charge in [0.05, 0.1) is 33.0 Å². The summed E-state index contributed by atoms with van der Waals surface area (Å²) in [5.41, 5.74) is 0. The third-order valence-electron chi connectivity index (χ3n) is 2.96. The molecular weight excluding hydrogens is 232 g/mol. The summed E-state index contributed by atoms with van der Waals surface area (Å²) < 4.78 is 21.5. The summed E-state index contributed by atoms with van der Waals surface area (Å²) in [6.07, 6.45) is -2.19. The molecule has 2 fully saturated rings. The van der Waals surface area contributed by atoms with Crippen LogP contribution in [0.1, 0.15) is 0 Å². The van der Waals surface area contributed by atoms with Crippen molar-refractivity contribution in [3.8, 4) is 0 Å². The van der Waals surface area contributed by atoms with E-state index in [1.54, 1.807) is 0 Å². The molecule has 0 aromatic rings. The van der Waals surface area contributed by atoms with E-state index in [2.05, 4.69) is 0 Å². The van der Waals surface area contributed by atoms with Gasteiger partial charge >= 0.3 is 0 Å². The number of aliphatic hydroxyl groups excluding tert-OH is 3. The van der Waals surface area contributed by atoms with Gasteiger partial charge in [-0.25, -0.2) is 0 Å². The van der Waals surface area contributed by atoms with Crippen molar-refractivity contribution >= 4 is 0 Å². The van der Waals surface area contributed by atoms with Crippen molar-refractivity contribution < 1.29 is 34.3 Å². The first kappa shape index (κ1) is 13.2. The fraction of sp³-hybridized carbons (Fsp3) is 1.00. The van der Waals surface area contributed by atoms with E-state index in [-0.39, 0.29) is 26.4 Å². The minimum Gasteiger partial charge on any atom is -0.394 e. The lowest BCUT2D eigenvalue weighted by Gasteiger charge is -2.34. The van der Waals surface area contributed by atoms with E-state index in [0.29, 0.717) is 13.2 Å². The van der Waals surface area contributed by atoms with Crippen LogP contribution in [0.2, 0.25) is 0 Å². The van der Waals surface area contributed by atoms with Crippen molar-refractivity contribution in [2.24, 2.45) is 0 Å². The van der Waals surface area contributed by atoms with Crippen molar-refractivity contribution in [3.05, 3.63) is 0 Å². The Bertz CT molecular complexity index is 241. The van der Waals surface area contributed by atoms with Crippen LogP contribution in [0.3, 0.4) is 0 Å². The van der Waals surface area contributed by atoms with Crippen LogP contribution in [-0.4, -0.2) is 79.1 Å². The lowest BCUT2D eigenvalue weighted by atomic mass is 10.0. The molecule has 0 bridgehead atoms. The molecule has 0 spiro atoms. The highest BCUT2D eigenvalue weighted by Crippen LogP contribution is 2.33. The topological polar surface area (TPSA) is 97.6 Å². The van der Waals surface area contributed by atoms with Gasteiger partial charge in [0, 0.05) is 0 Å². The summed E-state index contributed by atoms with van der Waals surface area (Å²) in [4.78, 5) is 0. The van der Waals surface area contributed by atoms with E-state index in [4.69, 9.17) is 24.1 Å². The summed E-state index contributed by atoms with van der Waals surface area (Å²) in [7, 11) is 0. The Hall–Kier alpha value is -0.280. The van der Waals surface area contributed by atoms with E-state index in [1.807, 2.05) is 0 Å². The second-order valence-electron chi connectivity index (χ2n) is 4.05. The van der Waals surface area contributed by atoms with Crippen LogP contribution in [0.5, 0.6) is 0 Å². The van der Waals surface area contributed by atoms with Crippen LogP contribution in [-0.2, 0) is 18.9 Å². The molecule has 2 heterocycles. The van der Waals surface area contributed by atoms with Crippen molar-refractivity contribution in [2.45, 2.75) is 24.1 Å². The Labute approximate surface area is 98.8 Å². The molecule has 3 N–H and O–H groups in total. The van der Waals surface area contributed by atoms with E-state index in [9.17, 15) is 10.2 Å². The number of aliphatic hydroxyl groups is 3. The van der Waals surface area contributed by atoms with Gasteiger partial charge in [-0.05, 0) is 0 Å². The molecule has 0 aromatic heterocycles. The zero-order chi connectivity index (χ0) is 12.3. The van der Waals surface area contributed by atoms with Gasteiger partial charge < -0.3 is 34.3 Å². The van der Waals surface area contributed by atoms with Crippen LogP contribution in [0.25, 0.3) is 0 Å². The van der Waals surface area contributed by atoms with Gasteiger partial charge in [0.2, 0.25) is 5.79 Å². The number of hydrogen-bond acceptors (Lipinski definition) is 7. The predicted octanol–water partition coefficient (Wildman–Crippen LogP) is -2.14.